The van der Waals surface area contributed by atoms with E-state index in [0.29, 0.717) is 28.1 Å². The molecule has 0 atom stereocenters. The van der Waals surface area contributed by atoms with Crippen LogP contribution in [0, 0.1) is 11.3 Å². The van der Waals surface area contributed by atoms with Crippen LogP contribution >= 0.6 is 0 Å². The van der Waals surface area contributed by atoms with Crippen LogP contribution in [0.5, 0.6) is 0 Å². The number of hydrogen-bond acceptors (Lipinski definition) is 4. The molecule has 2 aromatic heterocycles. The Bertz CT molecular complexity index is 2210. The van der Waals surface area contributed by atoms with Crippen LogP contribution < -0.4 is 4.90 Å². The summed E-state index contributed by atoms with van der Waals surface area (Å²) in [6.07, 6.45) is 0. The monoisotopic (exact) mass is 503 g/mol. The van der Waals surface area contributed by atoms with E-state index in [1.165, 1.54) is 0 Å². The zero-order valence-corrected chi connectivity index (χ0v) is 20.4. The summed E-state index contributed by atoms with van der Waals surface area (Å²) < 4.78 is 8.22. The molecular weight excluding hydrogens is 486 g/mol. The predicted molar refractivity (Wildman–Crippen MR) is 150 cm³/mol. The molecule has 0 spiro atoms. The van der Waals surface area contributed by atoms with Gasteiger partial charge in [-0.2, -0.15) is 5.26 Å². The number of amides is 2. The van der Waals surface area contributed by atoms with Crippen LogP contribution in [0.4, 0.5) is 5.69 Å². The standard InChI is InChI=1S/C33H17N3O3/c34-18-19-17-20(35-32(37)21-7-1-2-8-22(21)33(35)38)13-14-25(19)36-26-11-5-3-9-23(26)30-27(36)15-16-29-31(30)24-10-4-6-12-28(24)39-29/h1-17H. The lowest BCUT2D eigenvalue weighted by atomic mass is 10.1. The van der Waals surface area contributed by atoms with E-state index in [2.05, 4.69) is 22.8 Å². The quantitative estimate of drug-likeness (QED) is 0.231. The van der Waals surface area contributed by atoms with Crippen molar-refractivity contribution in [3.05, 3.63) is 120 Å². The Kier molecular flexibility index (Phi) is 4.21. The Morgan fingerprint density at radius 2 is 1.33 bits per heavy atom. The largest absolute Gasteiger partial charge is 0.456 e. The van der Waals surface area contributed by atoms with Crippen LogP contribution in [0.25, 0.3) is 49.4 Å². The number of rotatable bonds is 2. The average Bonchev–Trinajstić information content (AvgIpc) is 3.60. The Morgan fingerprint density at radius 3 is 2.10 bits per heavy atom. The zero-order valence-electron chi connectivity index (χ0n) is 20.4. The van der Waals surface area contributed by atoms with Crippen molar-refractivity contribution in [3.8, 4) is 11.8 Å². The van der Waals surface area contributed by atoms with E-state index in [4.69, 9.17) is 4.42 Å². The maximum atomic E-state index is 13.1. The lowest BCUT2D eigenvalue weighted by molar-refractivity contribution is 0.0926. The third-order valence-electron chi connectivity index (χ3n) is 7.57. The van der Waals surface area contributed by atoms with Crippen molar-refractivity contribution in [2.24, 2.45) is 0 Å². The average molecular weight is 504 g/mol. The highest BCUT2D eigenvalue weighted by Gasteiger charge is 2.36. The first-order valence-corrected chi connectivity index (χ1v) is 12.5. The second-order valence-electron chi connectivity index (χ2n) is 9.59. The van der Waals surface area contributed by atoms with E-state index < -0.39 is 11.8 Å². The van der Waals surface area contributed by atoms with E-state index in [1.807, 2.05) is 48.5 Å². The van der Waals surface area contributed by atoms with Crippen molar-refractivity contribution in [3.63, 3.8) is 0 Å². The number of furan rings is 1. The summed E-state index contributed by atoms with van der Waals surface area (Å²) in [5.74, 6) is -0.781. The number of carbonyl (C=O) groups excluding carboxylic acids is 2. The van der Waals surface area contributed by atoms with Crippen LogP contribution in [-0.2, 0) is 0 Å². The molecule has 0 aliphatic carbocycles. The fourth-order valence-corrected chi connectivity index (χ4v) is 5.91. The van der Waals surface area contributed by atoms with Gasteiger partial charge in [-0.15, -0.1) is 0 Å². The molecule has 2 amide bonds. The molecule has 0 saturated heterocycles. The molecule has 6 heteroatoms. The molecule has 6 nitrogen and oxygen atoms in total. The summed E-state index contributed by atoms with van der Waals surface area (Å²) in [4.78, 5) is 27.3. The second-order valence-corrected chi connectivity index (χ2v) is 9.59. The van der Waals surface area contributed by atoms with Crippen molar-refractivity contribution < 1.29 is 14.0 Å². The number of fused-ring (bicyclic) bond motifs is 8. The zero-order chi connectivity index (χ0) is 26.2. The summed E-state index contributed by atoms with van der Waals surface area (Å²) >= 11 is 0. The lowest BCUT2D eigenvalue weighted by Gasteiger charge is -2.16. The number of imide groups is 1. The predicted octanol–water partition coefficient (Wildman–Crippen LogP) is 7.36. The lowest BCUT2D eigenvalue weighted by Crippen LogP contribution is -2.29. The van der Waals surface area contributed by atoms with Crippen molar-refractivity contribution in [1.82, 2.24) is 4.57 Å². The van der Waals surface area contributed by atoms with Gasteiger partial charge in [0.2, 0.25) is 0 Å². The fraction of sp³-hybridized carbons (Fsp3) is 0. The maximum absolute atomic E-state index is 13.1. The van der Waals surface area contributed by atoms with Crippen molar-refractivity contribution in [1.29, 1.82) is 5.26 Å². The van der Waals surface area contributed by atoms with Gasteiger partial charge < -0.3 is 8.98 Å². The summed E-state index contributed by atoms with van der Waals surface area (Å²) in [7, 11) is 0. The van der Waals surface area contributed by atoms with Crippen molar-refractivity contribution in [2.45, 2.75) is 0 Å². The van der Waals surface area contributed by atoms with Gasteiger partial charge in [0.25, 0.3) is 11.8 Å². The van der Waals surface area contributed by atoms with E-state index in [0.717, 1.165) is 48.6 Å². The Morgan fingerprint density at radius 1 is 0.641 bits per heavy atom. The molecule has 1 aliphatic rings. The number of para-hydroxylation sites is 2. The van der Waals surface area contributed by atoms with Gasteiger partial charge in [0.05, 0.1) is 39.1 Å². The Hall–Kier alpha value is -5.67. The number of anilines is 1. The van der Waals surface area contributed by atoms with E-state index in [9.17, 15) is 14.9 Å². The van der Waals surface area contributed by atoms with Gasteiger partial charge in [-0.1, -0.05) is 48.5 Å². The van der Waals surface area contributed by atoms with Crippen LogP contribution in [0.2, 0.25) is 0 Å². The first-order valence-electron chi connectivity index (χ1n) is 12.5. The van der Waals surface area contributed by atoms with Gasteiger partial charge in [-0.25, -0.2) is 4.90 Å². The first-order chi connectivity index (χ1) is 19.2. The smallest absolute Gasteiger partial charge is 0.266 e. The van der Waals surface area contributed by atoms with Crippen LogP contribution in [0.3, 0.4) is 0 Å². The minimum atomic E-state index is -0.390. The molecule has 0 radical (unpaired) electrons. The number of hydrogen-bond donors (Lipinski definition) is 0. The van der Waals surface area contributed by atoms with Crippen molar-refractivity contribution >= 4 is 61.2 Å². The minimum absolute atomic E-state index is 0.351. The highest BCUT2D eigenvalue weighted by Crippen LogP contribution is 2.42. The van der Waals surface area contributed by atoms with E-state index in [1.54, 1.807) is 42.5 Å². The van der Waals surface area contributed by atoms with Crippen LogP contribution in [0.1, 0.15) is 26.3 Å². The number of carbonyl (C=O) groups is 2. The first kappa shape index (κ1) is 21.4. The highest BCUT2D eigenvalue weighted by molar-refractivity contribution is 6.34. The Balaban J connectivity index is 1.39. The minimum Gasteiger partial charge on any atom is -0.456 e. The molecule has 0 bridgehead atoms. The molecule has 182 valence electrons. The molecule has 1 aliphatic heterocycles. The number of aromatic nitrogens is 1. The topological polar surface area (TPSA) is 79.2 Å². The highest BCUT2D eigenvalue weighted by atomic mass is 16.3. The summed E-state index contributed by atoms with van der Waals surface area (Å²) in [5, 5.41) is 14.4. The molecule has 3 heterocycles. The number of nitrogens with zero attached hydrogens (tertiary/aromatic N) is 3. The number of benzene rings is 5. The molecule has 8 rings (SSSR count). The van der Waals surface area contributed by atoms with Gasteiger partial charge in [-0.3, -0.25) is 9.59 Å². The summed E-state index contributed by atoms with van der Waals surface area (Å²) in [5.41, 5.74) is 5.60. The molecule has 5 aromatic carbocycles. The molecule has 0 saturated carbocycles. The molecular formula is C33H17N3O3. The third-order valence-corrected chi connectivity index (χ3v) is 7.57. The molecule has 0 fully saturated rings. The molecule has 0 N–H and O–H groups in total. The molecule has 7 aromatic rings. The van der Waals surface area contributed by atoms with E-state index >= 15 is 0 Å². The SMILES string of the molecule is N#Cc1cc(N2C(=O)c3ccccc3C2=O)ccc1-n1c2ccccc2c2c3c(ccc21)oc1ccccc13. The normalized spacial score (nSPS) is 13.2. The molecule has 0 unspecified atom stereocenters. The summed E-state index contributed by atoms with van der Waals surface area (Å²) in [6.45, 7) is 0. The third kappa shape index (κ3) is 2.79. The van der Waals surface area contributed by atoms with Crippen molar-refractivity contribution in [2.75, 3.05) is 4.90 Å². The number of nitriles is 1. The summed E-state index contributed by atoms with van der Waals surface area (Å²) in [6, 6.07) is 34.3. The van der Waals surface area contributed by atoms with Gasteiger partial charge in [-0.05, 0) is 54.6 Å². The second kappa shape index (κ2) is 7.67. The van der Waals surface area contributed by atoms with E-state index in [-0.39, 0.29) is 0 Å². The van der Waals surface area contributed by atoms with Crippen LogP contribution in [-0.4, -0.2) is 16.4 Å². The Labute approximate surface area is 221 Å². The molecule has 39 heavy (non-hydrogen) atoms. The van der Waals surface area contributed by atoms with Gasteiger partial charge in [0.1, 0.15) is 17.2 Å². The maximum Gasteiger partial charge on any atom is 0.266 e. The van der Waals surface area contributed by atoms with Gasteiger partial charge in [0.15, 0.2) is 0 Å². The fourth-order valence-electron chi connectivity index (χ4n) is 5.91. The van der Waals surface area contributed by atoms with Gasteiger partial charge >= 0.3 is 0 Å². The van der Waals surface area contributed by atoms with Crippen LogP contribution in [0.15, 0.2) is 108 Å². The van der Waals surface area contributed by atoms with Gasteiger partial charge in [0, 0.05) is 21.5 Å².